The van der Waals surface area contributed by atoms with Crippen LogP contribution in [0, 0.1) is 6.92 Å². The molecule has 1 aromatic carbocycles. The van der Waals surface area contributed by atoms with Gasteiger partial charge in [0.2, 0.25) is 0 Å². The molecule has 0 atom stereocenters. The molecule has 6 heteroatoms. The number of benzene rings is 1. The van der Waals surface area contributed by atoms with Crippen LogP contribution < -0.4 is 4.90 Å². The maximum Gasteiger partial charge on any atom is 0.357 e. The number of carbonyl (C=O) groups excluding carboxylic acids is 1. The molecule has 0 aliphatic carbocycles. The second-order valence-corrected chi connectivity index (χ2v) is 7.93. The zero-order valence-corrected chi connectivity index (χ0v) is 17.6. The van der Waals surface area contributed by atoms with Crippen molar-refractivity contribution in [1.29, 1.82) is 0 Å². The van der Waals surface area contributed by atoms with E-state index in [0.29, 0.717) is 17.9 Å². The molecule has 0 radical (unpaired) electrons. The van der Waals surface area contributed by atoms with Crippen molar-refractivity contribution < 1.29 is 9.53 Å². The van der Waals surface area contributed by atoms with Gasteiger partial charge in [0.1, 0.15) is 0 Å². The highest BCUT2D eigenvalue weighted by molar-refractivity contribution is 5.99. The number of aromatic nitrogens is 3. The second-order valence-electron chi connectivity index (χ2n) is 7.93. The maximum atomic E-state index is 12.6. The van der Waals surface area contributed by atoms with Crippen molar-refractivity contribution in [2.45, 2.75) is 46.5 Å². The molecule has 0 N–H and O–H groups in total. The van der Waals surface area contributed by atoms with Crippen molar-refractivity contribution in [2.75, 3.05) is 24.6 Å². The first-order valence-electron chi connectivity index (χ1n) is 10.4. The van der Waals surface area contributed by atoms with Crippen LogP contribution in [0.25, 0.3) is 16.7 Å². The molecule has 3 heterocycles. The Morgan fingerprint density at radius 2 is 1.97 bits per heavy atom. The first-order chi connectivity index (χ1) is 14.0. The van der Waals surface area contributed by atoms with Gasteiger partial charge >= 0.3 is 5.97 Å². The topological polar surface area (TPSA) is 60.2 Å². The molecule has 0 unspecified atom stereocenters. The molecule has 29 heavy (non-hydrogen) atoms. The lowest BCUT2D eigenvalue weighted by atomic mass is 10.1. The molecule has 0 spiro atoms. The molecular weight excluding hydrogens is 364 g/mol. The third-order valence-corrected chi connectivity index (χ3v) is 5.37. The molecule has 2 aromatic heterocycles. The van der Waals surface area contributed by atoms with Crippen LogP contribution >= 0.6 is 0 Å². The summed E-state index contributed by atoms with van der Waals surface area (Å²) >= 11 is 0. The smallest absolute Gasteiger partial charge is 0.357 e. The lowest BCUT2D eigenvalue weighted by molar-refractivity contribution is 0.0520. The third-order valence-electron chi connectivity index (χ3n) is 5.37. The summed E-state index contributed by atoms with van der Waals surface area (Å²) in [5.74, 6) is -0.155. The van der Waals surface area contributed by atoms with Gasteiger partial charge < -0.3 is 9.64 Å². The number of nitrogens with zero attached hydrogens (tertiary/aromatic N) is 4. The molecule has 4 rings (SSSR count). The van der Waals surface area contributed by atoms with Crippen molar-refractivity contribution >= 4 is 22.7 Å². The van der Waals surface area contributed by atoms with Gasteiger partial charge in [-0.05, 0) is 56.4 Å². The lowest BCUT2D eigenvalue weighted by Crippen LogP contribution is -2.19. The summed E-state index contributed by atoms with van der Waals surface area (Å²) in [6.45, 7) is 10.5. The number of esters is 1. The van der Waals surface area contributed by atoms with Crippen LogP contribution in [0.4, 0.5) is 5.69 Å². The highest BCUT2D eigenvalue weighted by atomic mass is 16.5. The van der Waals surface area contributed by atoms with Crippen molar-refractivity contribution in [3.05, 3.63) is 47.3 Å². The number of hydrogen-bond acceptors (Lipinski definition) is 5. The predicted molar refractivity (Wildman–Crippen MR) is 115 cm³/mol. The number of fused-ring (bicyclic) bond motifs is 1. The Morgan fingerprint density at radius 3 is 2.62 bits per heavy atom. The normalized spacial score (nSPS) is 14.2. The monoisotopic (exact) mass is 392 g/mol. The molecular formula is C23H28N4O2. The number of anilines is 1. The summed E-state index contributed by atoms with van der Waals surface area (Å²) in [4.78, 5) is 19.6. The number of pyridine rings is 1. The fourth-order valence-corrected chi connectivity index (χ4v) is 3.98. The highest BCUT2D eigenvalue weighted by Gasteiger charge is 2.26. The molecule has 1 saturated heterocycles. The number of carbonyl (C=O) groups is 1. The molecule has 1 aliphatic rings. The molecule has 0 amide bonds. The van der Waals surface area contributed by atoms with E-state index in [1.54, 1.807) is 0 Å². The maximum absolute atomic E-state index is 12.6. The summed E-state index contributed by atoms with van der Waals surface area (Å²) in [7, 11) is 0. The molecule has 6 nitrogen and oxygen atoms in total. The average Bonchev–Trinajstić information content (AvgIpc) is 3.35. The summed E-state index contributed by atoms with van der Waals surface area (Å²) in [6.07, 6.45) is 2.31. The van der Waals surface area contributed by atoms with Crippen LogP contribution in [0.15, 0.2) is 30.3 Å². The Hall–Kier alpha value is -2.89. The zero-order chi connectivity index (χ0) is 20.5. The zero-order valence-electron chi connectivity index (χ0n) is 17.6. The molecule has 0 bridgehead atoms. The van der Waals surface area contributed by atoms with E-state index in [4.69, 9.17) is 14.8 Å². The molecule has 1 aliphatic heterocycles. The second kappa shape index (κ2) is 7.85. The van der Waals surface area contributed by atoms with Gasteiger partial charge in [0.15, 0.2) is 11.3 Å². The minimum atomic E-state index is -0.391. The van der Waals surface area contributed by atoms with Crippen molar-refractivity contribution in [3.63, 3.8) is 0 Å². The fraction of sp³-hybridized carbons (Fsp3) is 0.435. The minimum Gasteiger partial charge on any atom is -0.461 e. The minimum absolute atomic E-state index is 0.236. The van der Waals surface area contributed by atoms with Crippen molar-refractivity contribution in [2.24, 2.45) is 0 Å². The van der Waals surface area contributed by atoms with Gasteiger partial charge in [-0.25, -0.2) is 14.5 Å². The van der Waals surface area contributed by atoms with Gasteiger partial charge in [0, 0.05) is 13.1 Å². The Kier molecular flexibility index (Phi) is 5.26. The molecule has 152 valence electrons. The van der Waals surface area contributed by atoms with Gasteiger partial charge in [0.25, 0.3) is 0 Å². The van der Waals surface area contributed by atoms with Crippen LogP contribution in [0.2, 0.25) is 0 Å². The quantitative estimate of drug-likeness (QED) is 0.593. The fourth-order valence-electron chi connectivity index (χ4n) is 3.98. The summed E-state index contributed by atoms with van der Waals surface area (Å²) in [5, 5.41) is 5.99. The molecule has 0 saturated carbocycles. The number of hydrogen-bond donors (Lipinski definition) is 0. The van der Waals surface area contributed by atoms with E-state index in [0.717, 1.165) is 53.9 Å². The van der Waals surface area contributed by atoms with Gasteiger partial charge in [-0.15, -0.1) is 0 Å². The van der Waals surface area contributed by atoms with Crippen molar-refractivity contribution in [1.82, 2.24) is 14.8 Å². The SMILES string of the molecule is CCOC(=O)c1cc(N2CCCC2)c2c(C(C)C)nn(-c3cccc(C)c3)c2n1. The van der Waals surface area contributed by atoms with E-state index in [-0.39, 0.29) is 5.92 Å². The van der Waals surface area contributed by atoms with Gasteiger partial charge in [-0.3, -0.25) is 0 Å². The number of ether oxygens (including phenoxy) is 1. The predicted octanol–water partition coefficient (Wildman–Crippen LogP) is 4.63. The highest BCUT2D eigenvalue weighted by Crippen LogP contribution is 2.36. The Bertz CT molecular complexity index is 1050. The first-order valence-corrected chi connectivity index (χ1v) is 10.4. The Balaban J connectivity index is 2.02. The summed E-state index contributed by atoms with van der Waals surface area (Å²) in [5.41, 5.74) is 5.20. The average molecular weight is 393 g/mol. The van der Waals surface area contributed by atoms with Gasteiger partial charge in [0.05, 0.1) is 29.1 Å². The van der Waals surface area contributed by atoms with Crippen molar-refractivity contribution in [3.8, 4) is 5.69 Å². The van der Waals surface area contributed by atoms with E-state index >= 15 is 0 Å². The summed E-state index contributed by atoms with van der Waals surface area (Å²) in [6, 6.07) is 10.1. The Labute approximate surface area is 171 Å². The van der Waals surface area contributed by atoms with Gasteiger partial charge in [-0.1, -0.05) is 26.0 Å². The summed E-state index contributed by atoms with van der Waals surface area (Å²) < 4.78 is 7.14. The van der Waals surface area contributed by atoms with Crippen LogP contribution in [0.3, 0.4) is 0 Å². The molecule has 1 fully saturated rings. The third kappa shape index (κ3) is 3.59. The lowest BCUT2D eigenvalue weighted by Gasteiger charge is -2.20. The van der Waals surface area contributed by atoms with E-state index in [1.165, 1.54) is 0 Å². The van der Waals surface area contributed by atoms with E-state index < -0.39 is 5.97 Å². The molecule has 3 aromatic rings. The Morgan fingerprint density at radius 1 is 1.21 bits per heavy atom. The van der Waals surface area contributed by atoms with Crippen LogP contribution in [0.5, 0.6) is 0 Å². The van der Waals surface area contributed by atoms with E-state index in [2.05, 4.69) is 37.8 Å². The first kappa shape index (κ1) is 19.4. The van der Waals surface area contributed by atoms with Crippen LogP contribution in [-0.4, -0.2) is 40.4 Å². The standard InChI is InChI=1S/C23H28N4O2/c1-5-29-23(28)18-14-19(26-11-6-7-12-26)20-21(15(2)3)25-27(22(20)24-18)17-10-8-9-16(4)13-17/h8-10,13-15H,5-7,11-12H2,1-4H3. The largest absolute Gasteiger partial charge is 0.461 e. The van der Waals surface area contributed by atoms with Crippen LogP contribution in [0.1, 0.15) is 61.3 Å². The number of aryl methyl sites for hydroxylation is 1. The van der Waals surface area contributed by atoms with E-state index in [9.17, 15) is 4.79 Å². The van der Waals surface area contributed by atoms with E-state index in [1.807, 2.05) is 29.8 Å². The van der Waals surface area contributed by atoms with Crippen LogP contribution in [-0.2, 0) is 4.74 Å². The van der Waals surface area contributed by atoms with Gasteiger partial charge in [-0.2, -0.15) is 5.10 Å². The number of rotatable bonds is 5.